The summed E-state index contributed by atoms with van der Waals surface area (Å²) in [4.78, 5) is 14.5. The van der Waals surface area contributed by atoms with Gasteiger partial charge in [-0.25, -0.2) is 9.78 Å². The molecule has 0 fully saturated rings. The summed E-state index contributed by atoms with van der Waals surface area (Å²) >= 11 is 0. The highest BCUT2D eigenvalue weighted by molar-refractivity contribution is 5.86. The van der Waals surface area contributed by atoms with Crippen molar-refractivity contribution in [3.05, 3.63) is 59.7 Å². The Kier molecular flexibility index (Phi) is 2.76. The second kappa shape index (κ2) is 4.57. The molecule has 0 aliphatic heterocycles. The minimum atomic E-state index is -0.935. The molecule has 4 heteroatoms. The number of benzene rings is 1. The number of imidazole rings is 1. The second-order valence-corrected chi connectivity index (χ2v) is 4.41. The van der Waals surface area contributed by atoms with Gasteiger partial charge in [0.1, 0.15) is 0 Å². The summed E-state index contributed by atoms with van der Waals surface area (Å²) < 4.78 is 1.99. The van der Waals surface area contributed by atoms with Crippen LogP contribution >= 0.6 is 0 Å². The Labute approximate surface area is 110 Å². The summed E-state index contributed by atoms with van der Waals surface area (Å²) in [6, 6.07) is 5.97. The number of hydrogen-bond acceptors (Lipinski definition) is 2. The van der Waals surface area contributed by atoms with Crippen LogP contribution in [-0.4, -0.2) is 20.6 Å². The quantitative estimate of drug-likeness (QED) is 0.854. The van der Waals surface area contributed by atoms with Crippen molar-refractivity contribution in [1.29, 1.82) is 0 Å². The van der Waals surface area contributed by atoms with E-state index in [2.05, 4.69) is 11.1 Å². The lowest BCUT2D eigenvalue weighted by Gasteiger charge is -2.01. The number of carboxylic acid groups (broad SMARTS) is 1. The van der Waals surface area contributed by atoms with E-state index in [0.29, 0.717) is 0 Å². The zero-order valence-electron chi connectivity index (χ0n) is 10.2. The predicted molar refractivity (Wildman–Crippen MR) is 73.2 cm³/mol. The molecule has 2 aromatic rings. The Bertz CT molecular complexity index is 682. The van der Waals surface area contributed by atoms with Gasteiger partial charge in [0.05, 0.1) is 6.33 Å². The maximum absolute atomic E-state index is 10.5. The molecular weight excluding hydrogens is 240 g/mol. The molecule has 0 atom stereocenters. The van der Waals surface area contributed by atoms with E-state index in [4.69, 9.17) is 5.11 Å². The molecule has 94 valence electrons. The smallest absolute Gasteiger partial charge is 0.328 e. The van der Waals surface area contributed by atoms with Crippen molar-refractivity contribution in [3.8, 4) is 0 Å². The molecule has 0 bridgehead atoms. The summed E-state index contributed by atoms with van der Waals surface area (Å²) in [7, 11) is 0. The van der Waals surface area contributed by atoms with E-state index in [9.17, 15) is 4.79 Å². The van der Waals surface area contributed by atoms with Gasteiger partial charge in [0.15, 0.2) is 0 Å². The largest absolute Gasteiger partial charge is 0.478 e. The average Bonchev–Trinajstić information content (AvgIpc) is 3.04. The fraction of sp³-hybridized carbons (Fsp3) is 0.0667. The first kappa shape index (κ1) is 11.5. The van der Waals surface area contributed by atoms with Gasteiger partial charge in [0.2, 0.25) is 0 Å². The molecule has 1 N–H and O–H groups in total. The van der Waals surface area contributed by atoms with Crippen LogP contribution in [0, 0.1) is 0 Å². The first-order valence-electron chi connectivity index (χ1n) is 5.95. The fourth-order valence-electron chi connectivity index (χ4n) is 2.20. The number of fused-ring (bicyclic) bond motifs is 1. The van der Waals surface area contributed by atoms with Gasteiger partial charge in [-0.05, 0) is 34.9 Å². The highest BCUT2D eigenvalue weighted by Gasteiger charge is 2.13. The molecule has 0 saturated carbocycles. The predicted octanol–water partition coefficient (Wildman–Crippen LogP) is 2.54. The highest BCUT2D eigenvalue weighted by atomic mass is 16.4. The SMILES string of the molecule is O=C(O)C=Cc1ccc2c(c1)C=C(n1ccnc1)C2. The van der Waals surface area contributed by atoms with E-state index < -0.39 is 5.97 Å². The molecule has 4 nitrogen and oxygen atoms in total. The zero-order chi connectivity index (χ0) is 13.2. The van der Waals surface area contributed by atoms with Gasteiger partial charge in [0.25, 0.3) is 0 Å². The minimum Gasteiger partial charge on any atom is -0.478 e. The molecule has 19 heavy (non-hydrogen) atoms. The molecule has 1 heterocycles. The number of nitrogens with zero attached hydrogens (tertiary/aromatic N) is 2. The molecule has 3 rings (SSSR count). The maximum atomic E-state index is 10.5. The number of hydrogen-bond donors (Lipinski definition) is 1. The van der Waals surface area contributed by atoms with Gasteiger partial charge >= 0.3 is 5.97 Å². The molecule has 0 spiro atoms. The van der Waals surface area contributed by atoms with Gasteiger partial charge in [-0.2, -0.15) is 0 Å². The van der Waals surface area contributed by atoms with Crippen LogP contribution in [0.4, 0.5) is 0 Å². The second-order valence-electron chi connectivity index (χ2n) is 4.41. The van der Waals surface area contributed by atoms with Crippen LogP contribution in [0.25, 0.3) is 17.8 Å². The highest BCUT2D eigenvalue weighted by Crippen LogP contribution is 2.28. The van der Waals surface area contributed by atoms with Crippen molar-refractivity contribution in [2.75, 3.05) is 0 Å². The van der Waals surface area contributed by atoms with E-state index in [1.165, 1.54) is 11.3 Å². The minimum absolute atomic E-state index is 0.870. The number of carbonyl (C=O) groups is 1. The maximum Gasteiger partial charge on any atom is 0.328 e. The van der Waals surface area contributed by atoms with Crippen molar-refractivity contribution >= 4 is 23.8 Å². The molecule has 1 aromatic heterocycles. The number of aliphatic carboxylic acids is 1. The van der Waals surface area contributed by atoms with Crippen molar-refractivity contribution in [2.24, 2.45) is 0 Å². The van der Waals surface area contributed by atoms with Gasteiger partial charge < -0.3 is 9.67 Å². The third-order valence-electron chi connectivity index (χ3n) is 3.12. The molecule has 0 amide bonds. The third kappa shape index (κ3) is 2.33. The van der Waals surface area contributed by atoms with E-state index >= 15 is 0 Å². The number of aromatic nitrogens is 2. The lowest BCUT2D eigenvalue weighted by atomic mass is 10.1. The normalized spacial score (nSPS) is 13.6. The van der Waals surface area contributed by atoms with Crippen LogP contribution in [0.1, 0.15) is 16.7 Å². The van der Waals surface area contributed by atoms with Crippen LogP contribution in [0.5, 0.6) is 0 Å². The van der Waals surface area contributed by atoms with Gasteiger partial charge in [-0.1, -0.05) is 12.1 Å². The molecule has 1 aliphatic rings. The van der Waals surface area contributed by atoms with Gasteiger partial charge in [-0.3, -0.25) is 0 Å². The topological polar surface area (TPSA) is 55.1 Å². The Hall–Kier alpha value is -2.62. The lowest BCUT2D eigenvalue weighted by molar-refractivity contribution is -0.131. The summed E-state index contributed by atoms with van der Waals surface area (Å²) in [5, 5.41) is 8.63. The fourth-order valence-corrected chi connectivity index (χ4v) is 2.20. The van der Waals surface area contributed by atoms with Crippen LogP contribution in [0.15, 0.2) is 43.0 Å². The van der Waals surface area contributed by atoms with Gasteiger partial charge in [-0.15, -0.1) is 0 Å². The summed E-state index contributed by atoms with van der Waals surface area (Å²) in [6.45, 7) is 0. The van der Waals surface area contributed by atoms with E-state index in [-0.39, 0.29) is 0 Å². The van der Waals surface area contributed by atoms with Crippen molar-refractivity contribution in [3.63, 3.8) is 0 Å². The number of allylic oxidation sites excluding steroid dienone is 1. The average molecular weight is 252 g/mol. The molecule has 0 unspecified atom stereocenters. The molecule has 1 aromatic carbocycles. The number of carboxylic acids is 1. The third-order valence-corrected chi connectivity index (χ3v) is 3.12. The molecular formula is C15H12N2O2. The van der Waals surface area contributed by atoms with Crippen LogP contribution in [0.2, 0.25) is 0 Å². The lowest BCUT2D eigenvalue weighted by Crippen LogP contribution is -1.92. The van der Waals surface area contributed by atoms with E-state index in [0.717, 1.165) is 23.6 Å². The Morgan fingerprint density at radius 1 is 1.42 bits per heavy atom. The molecule has 0 saturated heterocycles. The van der Waals surface area contributed by atoms with E-state index in [1.807, 2.05) is 29.0 Å². The van der Waals surface area contributed by atoms with Crippen molar-refractivity contribution < 1.29 is 9.90 Å². The molecule has 1 aliphatic carbocycles. The molecule has 0 radical (unpaired) electrons. The summed E-state index contributed by atoms with van der Waals surface area (Å²) in [6.07, 6.45) is 11.2. The Morgan fingerprint density at radius 3 is 3.05 bits per heavy atom. The van der Waals surface area contributed by atoms with Crippen LogP contribution in [-0.2, 0) is 11.2 Å². The first-order valence-corrected chi connectivity index (χ1v) is 5.95. The van der Waals surface area contributed by atoms with Crippen molar-refractivity contribution in [2.45, 2.75) is 6.42 Å². The van der Waals surface area contributed by atoms with Crippen LogP contribution < -0.4 is 0 Å². The first-order chi connectivity index (χ1) is 9.22. The Morgan fingerprint density at radius 2 is 2.32 bits per heavy atom. The van der Waals surface area contributed by atoms with E-state index in [1.54, 1.807) is 18.6 Å². The van der Waals surface area contributed by atoms with Crippen molar-refractivity contribution in [1.82, 2.24) is 9.55 Å². The standard InChI is InChI=1S/C15H12N2O2/c18-15(19)4-2-11-1-3-12-8-14(9-13(12)7-11)17-6-5-16-10-17/h1-7,9-10H,8H2,(H,18,19). The monoisotopic (exact) mass is 252 g/mol. The summed E-state index contributed by atoms with van der Waals surface area (Å²) in [5.74, 6) is -0.935. The Balaban J connectivity index is 1.91. The van der Waals surface area contributed by atoms with Gasteiger partial charge in [0, 0.05) is 30.6 Å². The summed E-state index contributed by atoms with van der Waals surface area (Å²) in [5.41, 5.74) is 4.45. The number of rotatable bonds is 3. The van der Waals surface area contributed by atoms with Crippen LogP contribution in [0.3, 0.4) is 0 Å². The zero-order valence-corrected chi connectivity index (χ0v) is 10.2.